The standard InChI is InChI=1S/C14H23NO5S/c1-15(10-6-8-21(19,20)9-7-10)13(16)11-4-2-3-5-12(11)14(17)18/h10-12H,2-9H2,1H3,(H,17,18)/t11-,12-/m0/s1. The van der Waals surface area contributed by atoms with Gasteiger partial charge >= 0.3 is 5.97 Å². The minimum absolute atomic E-state index is 0.0857. The Labute approximate surface area is 125 Å². The molecule has 2 fully saturated rings. The highest BCUT2D eigenvalue weighted by Crippen LogP contribution is 2.32. The highest BCUT2D eigenvalue weighted by Gasteiger charge is 2.39. The summed E-state index contributed by atoms with van der Waals surface area (Å²) in [6.07, 6.45) is 3.81. The van der Waals surface area contributed by atoms with E-state index in [-0.39, 0.29) is 23.5 Å². The first-order valence-corrected chi connectivity index (χ1v) is 9.34. The van der Waals surface area contributed by atoms with Crippen LogP contribution in [0.4, 0.5) is 0 Å². The van der Waals surface area contributed by atoms with Crippen LogP contribution in [0, 0.1) is 11.8 Å². The molecule has 0 aromatic rings. The number of sulfone groups is 1. The molecule has 1 aliphatic carbocycles. The van der Waals surface area contributed by atoms with E-state index < -0.39 is 27.6 Å². The van der Waals surface area contributed by atoms with E-state index in [1.807, 2.05) is 0 Å². The number of amides is 1. The molecule has 0 radical (unpaired) electrons. The van der Waals surface area contributed by atoms with Crippen LogP contribution in [0.2, 0.25) is 0 Å². The number of carboxylic acids is 1. The molecular formula is C14H23NO5S. The van der Waals surface area contributed by atoms with Crippen molar-refractivity contribution in [1.29, 1.82) is 0 Å². The minimum atomic E-state index is -2.96. The molecule has 0 aromatic heterocycles. The molecule has 21 heavy (non-hydrogen) atoms. The molecule has 7 heteroatoms. The van der Waals surface area contributed by atoms with Gasteiger partial charge in [0.1, 0.15) is 9.84 Å². The fourth-order valence-corrected chi connectivity index (χ4v) is 4.89. The van der Waals surface area contributed by atoms with Gasteiger partial charge in [-0.3, -0.25) is 9.59 Å². The third kappa shape index (κ3) is 3.75. The quantitative estimate of drug-likeness (QED) is 0.835. The zero-order valence-electron chi connectivity index (χ0n) is 12.3. The summed E-state index contributed by atoms with van der Waals surface area (Å²) in [5, 5.41) is 9.27. The number of carboxylic acid groups (broad SMARTS) is 1. The molecule has 1 saturated heterocycles. The first-order valence-electron chi connectivity index (χ1n) is 7.52. The van der Waals surface area contributed by atoms with Gasteiger partial charge in [0, 0.05) is 13.1 Å². The van der Waals surface area contributed by atoms with Gasteiger partial charge in [-0.05, 0) is 25.7 Å². The van der Waals surface area contributed by atoms with E-state index in [0.717, 1.165) is 12.8 Å². The van der Waals surface area contributed by atoms with E-state index in [1.54, 1.807) is 11.9 Å². The maximum Gasteiger partial charge on any atom is 0.307 e. The number of nitrogens with zero attached hydrogens (tertiary/aromatic N) is 1. The van der Waals surface area contributed by atoms with E-state index >= 15 is 0 Å². The molecule has 0 unspecified atom stereocenters. The molecule has 0 spiro atoms. The van der Waals surface area contributed by atoms with Crippen LogP contribution in [0.25, 0.3) is 0 Å². The zero-order chi connectivity index (χ0) is 15.6. The number of rotatable bonds is 3. The van der Waals surface area contributed by atoms with E-state index in [9.17, 15) is 23.1 Å². The predicted molar refractivity (Wildman–Crippen MR) is 77.5 cm³/mol. The Morgan fingerprint density at radius 2 is 1.52 bits per heavy atom. The van der Waals surface area contributed by atoms with Crippen LogP contribution >= 0.6 is 0 Å². The molecule has 120 valence electrons. The zero-order valence-corrected chi connectivity index (χ0v) is 13.1. The van der Waals surface area contributed by atoms with Crippen LogP contribution in [0.15, 0.2) is 0 Å². The summed E-state index contributed by atoms with van der Waals surface area (Å²) in [6, 6.07) is -0.0857. The summed E-state index contributed by atoms with van der Waals surface area (Å²) in [7, 11) is -1.28. The molecule has 1 amide bonds. The molecule has 1 heterocycles. The van der Waals surface area contributed by atoms with E-state index in [0.29, 0.717) is 25.7 Å². The van der Waals surface area contributed by atoms with Crippen LogP contribution in [0.3, 0.4) is 0 Å². The highest BCUT2D eigenvalue weighted by atomic mass is 32.2. The van der Waals surface area contributed by atoms with Crippen molar-refractivity contribution in [1.82, 2.24) is 4.90 Å². The van der Waals surface area contributed by atoms with Gasteiger partial charge in [-0.25, -0.2) is 8.42 Å². The number of carbonyl (C=O) groups excluding carboxylic acids is 1. The lowest BCUT2D eigenvalue weighted by molar-refractivity contribution is -0.152. The van der Waals surface area contributed by atoms with E-state index in [4.69, 9.17) is 0 Å². The van der Waals surface area contributed by atoms with Gasteiger partial charge in [0.15, 0.2) is 0 Å². The summed E-state index contributed by atoms with van der Waals surface area (Å²) in [6.45, 7) is 0. The van der Waals surface area contributed by atoms with Gasteiger partial charge < -0.3 is 10.0 Å². The summed E-state index contributed by atoms with van der Waals surface area (Å²) in [4.78, 5) is 25.5. The summed E-state index contributed by atoms with van der Waals surface area (Å²) in [5.41, 5.74) is 0. The summed E-state index contributed by atoms with van der Waals surface area (Å²) in [5.74, 6) is -1.86. The van der Waals surface area contributed by atoms with Crippen LogP contribution in [0.5, 0.6) is 0 Å². The summed E-state index contributed by atoms with van der Waals surface area (Å²) < 4.78 is 22.9. The second kappa shape index (κ2) is 6.34. The molecule has 0 bridgehead atoms. The Balaban J connectivity index is 2.03. The second-order valence-corrected chi connectivity index (χ2v) is 8.47. The first kappa shape index (κ1) is 16.3. The lowest BCUT2D eigenvalue weighted by Gasteiger charge is -2.36. The average molecular weight is 317 g/mol. The predicted octanol–water partition coefficient (Wildman–Crippen LogP) is 0.913. The Morgan fingerprint density at radius 3 is 2.05 bits per heavy atom. The number of hydrogen-bond donors (Lipinski definition) is 1. The van der Waals surface area contributed by atoms with Crippen molar-refractivity contribution in [3.63, 3.8) is 0 Å². The third-order valence-electron chi connectivity index (χ3n) is 4.82. The van der Waals surface area contributed by atoms with Gasteiger partial charge in [-0.1, -0.05) is 12.8 Å². The highest BCUT2D eigenvalue weighted by molar-refractivity contribution is 7.91. The lowest BCUT2D eigenvalue weighted by atomic mass is 9.78. The van der Waals surface area contributed by atoms with Gasteiger partial charge in [-0.15, -0.1) is 0 Å². The Morgan fingerprint density at radius 1 is 1.00 bits per heavy atom. The monoisotopic (exact) mass is 317 g/mol. The number of hydrogen-bond acceptors (Lipinski definition) is 4. The van der Waals surface area contributed by atoms with Crippen LogP contribution in [-0.2, 0) is 19.4 Å². The largest absolute Gasteiger partial charge is 0.481 e. The van der Waals surface area contributed by atoms with Crippen molar-refractivity contribution in [2.75, 3.05) is 18.6 Å². The van der Waals surface area contributed by atoms with Crippen molar-refractivity contribution in [2.45, 2.75) is 44.6 Å². The maximum absolute atomic E-state index is 12.6. The maximum atomic E-state index is 12.6. The molecule has 2 aliphatic rings. The van der Waals surface area contributed by atoms with Crippen LogP contribution < -0.4 is 0 Å². The van der Waals surface area contributed by atoms with Gasteiger partial charge in [-0.2, -0.15) is 0 Å². The molecule has 6 nitrogen and oxygen atoms in total. The van der Waals surface area contributed by atoms with Gasteiger partial charge in [0.2, 0.25) is 5.91 Å². The normalized spacial score (nSPS) is 29.8. The Bertz CT molecular complexity index is 501. The van der Waals surface area contributed by atoms with Crippen LogP contribution in [-0.4, -0.2) is 54.9 Å². The first-order chi connectivity index (χ1) is 9.82. The Kier molecular flexibility index (Phi) is 4.91. The second-order valence-electron chi connectivity index (χ2n) is 6.17. The molecule has 1 aliphatic heterocycles. The average Bonchev–Trinajstić information content (AvgIpc) is 2.45. The van der Waals surface area contributed by atoms with Crippen molar-refractivity contribution in [3.05, 3.63) is 0 Å². The number of aliphatic carboxylic acids is 1. The summed E-state index contributed by atoms with van der Waals surface area (Å²) >= 11 is 0. The molecule has 1 N–H and O–H groups in total. The Hall–Kier alpha value is -1.11. The van der Waals surface area contributed by atoms with Crippen molar-refractivity contribution >= 4 is 21.7 Å². The molecule has 2 rings (SSSR count). The van der Waals surface area contributed by atoms with Crippen molar-refractivity contribution in [2.24, 2.45) is 11.8 Å². The van der Waals surface area contributed by atoms with Crippen LogP contribution in [0.1, 0.15) is 38.5 Å². The molecule has 1 saturated carbocycles. The fraction of sp³-hybridized carbons (Fsp3) is 0.857. The van der Waals surface area contributed by atoms with E-state index in [2.05, 4.69) is 0 Å². The minimum Gasteiger partial charge on any atom is -0.481 e. The SMILES string of the molecule is CN(C(=O)[C@H]1CCCC[C@@H]1C(=O)O)C1CCS(=O)(=O)CC1. The molecule has 2 atom stereocenters. The van der Waals surface area contributed by atoms with Crippen molar-refractivity contribution in [3.8, 4) is 0 Å². The fourth-order valence-electron chi connectivity index (χ4n) is 3.43. The van der Waals surface area contributed by atoms with Gasteiger partial charge in [0.25, 0.3) is 0 Å². The molecule has 0 aromatic carbocycles. The number of carbonyl (C=O) groups is 2. The topological polar surface area (TPSA) is 91.8 Å². The van der Waals surface area contributed by atoms with Crippen molar-refractivity contribution < 1.29 is 23.1 Å². The molecular weight excluding hydrogens is 294 g/mol. The van der Waals surface area contributed by atoms with E-state index in [1.165, 1.54) is 0 Å². The third-order valence-corrected chi connectivity index (χ3v) is 6.54. The lowest BCUT2D eigenvalue weighted by Crippen LogP contribution is -2.47. The van der Waals surface area contributed by atoms with Gasteiger partial charge in [0.05, 0.1) is 23.3 Å². The smallest absolute Gasteiger partial charge is 0.307 e.